The molecule has 0 aliphatic rings. The summed E-state index contributed by atoms with van der Waals surface area (Å²) in [6, 6.07) is 6.83. The summed E-state index contributed by atoms with van der Waals surface area (Å²) in [7, 11) is 1.56. The van der Waals surface area contributed by atoms with Crippen molar-refractivity contribution in [3.8, 4) is 11.5 Å². The second-order valence-electron chi connectivity index (χ2n) is 4.26. The molecule has 1 aromatic carbocycles. The lowest BCUT2D eigenvalue weighted by molar-refractivity contribution is 0.102. The van der Waals surface area contributed by atoms with E-state index in [2.05, 4.69) is 5.32 Å². The van der Waals surface area contributed by atoms with Gasteiger partial charge in [-0.05, 0) is 25.1 Å². The normalized spacial score (nSPS) is 9.77. The Morgan fingerprint density at radius 1 is 1.36 bits per heavy atom. The van der Waals surface area contributed by atoms with Crippen LogP contribution in [0.15, 0.2) is 34.9 Å². The Labute approximate surface area is 135 Å². The highest BCUT2D eigenvalue weighted by molar-refractivity contribution is 6.05. The van der Waals surface area contributed by atoms with Crippen molar-refractivity contribution in [2.75, 3.05) is 19.0 Å². The van der Waals surface area contributed by atoms with E-state index in [9.17, 15) is 4.79 Å². The first-order chi connectivity index (χ1) is 10.2. The fourth-order valence-corrected chi connectivity index (χ4v) is 1.82. The number of hydrogen-bond acceptors (Lipinski definition) is 5. The molecule has 2 aromatic rings. The van der Waals surface area contributed by atoms with Gasteiger partial charge in [-0.2, -0.15) is 0 Å². The Kier molecular flexibility index (Phi) is 6.75. The van der Waals surface area contributed by atoms with Gasteiger partial charge in [0.2, 0.25) is 0 Å². The van der Waals surface area contributed by atoms with Crippen LogP contribution >= 0.6 is 12.4 Å². The van der Waals surface area contributed by atoms with Crippen LogP contribution in [0.25, 0.3) is 0 Å². The first-order valence-corrected chi connectivity index (χ1v) is 6.57. The molecule has 0 spiro atoms. The largest absolute Gasteiger partial charge is 0.497 e. The molecule has 0 bridgehead atoms. The number of halogens is 1. The summed E-state index contributed by atoms with van der Waals surface area (Å²) in [5.74, 6) is 1.46. The Morgan fingerprint density at radius 3 is 2.73 bits per heavy atom. The molecule has 0 saturated heterocycles. The van der Waals surface area contributed by atoms with Crippen LogP contribution in [0, 0.1) is 0 Å². The van der Waals surface area contributed by atoms with Gasteiger partial charge < -0.3 is 24.9 Å². The van der Waals surface area contributed by atoms with Crippen molar-refractivity contribution in [2.45, 2.75) is 13.5 Å². The average Bonchev–Trinajstić information content (AvgIpc) is 2.98. The second kappa shape index (κ2) is 8.31. The Balaban J connectivity index is 0.00000242. The van der Waals surface area contributed by atoms with E-state index in [-0.39, 0.29) is 24.9 Å². The van der Waals surface area contributed by atoms with Crippen molar-refractivity contribution in [1.29, 1.82) is 0 Å². The third-order valence-corrected chi connectivity index (χ3v) is 2.85. The van der Waals surface area contributed by atoms with Crippen molar-refractivity contribution in [3.05, 3.63) is 41.9 Å². The van der Waals surface area contributed by atoms with Crippen LogP contribution in [0.3, 0.4) is 0 Å². The van der Waals surface area contributed by atoms with E-state index >= 15 is 0 Å². The summed E-state index contributed by atoms with van der Waals surface area (Å²) in [6.07, 6.45) is 1.37. The number of methoxy groups -OCH3 is 1. The third kappa shape index (κ3) is 4.16. The van der Waals surface area contributed by atoms with E-state index in [1.54, 1.807) is 31.4 Å². The number of amides is 1. The molecule has 0 unspecified atom stereocenters. The molecule has 0 saturated carbocycles. The lowest BCUT2D eigenvalue weighted by Crippen LogP contribution is -2.12. The predicted molar refractivity (Wildman–Crippen MR) is 86.0 cm³/mol. The molecule has 1 aromatic heterocycles. The van der Waals surface area contributed by atoms with Gasteiger partial charge in [-0.1, -0.05) is 0 Å². The molecular formula is C15H19ClN2O4. The maximum absolute atomic E-state index is 12.2. The summed E-state index contributed by atoms with van der Waals surface area (Å²) in [6.45, 7) is 2.62. The molecule has 6 nitrogen and oxygen atoms in total. The number of carbonyl (C=O) groups is 1. The van der Waals surface area contributed by atoms with Crippen LogP contribution < -0.4 is 20.5 Å². The molecule has 0 radical (unpaired) electrons. The smallest absolute Gasteiger partial charge is 0.259 e. The number of nitrogens with one attached hydrogen (secondary N) is 1. The Morgan fingerprint density at radius 2 is 2.14 bits per heavy atom. The molecule has 1 amide bonds. The number of anilines is 1. The first-order valence-electron chi connectivity index (χ1n) is 6.57. The highest BCUT2D eigenvalue weighted by Crippen LogP contribution is 2.29. The van der Waals surface area contributed by atoms with Gasteiger partial charge in [-0.3, -0.25) is 4.79 Å². The number of hydrogen-bond donors (Lipinski definition) is 2. The van der Waals surface area contributed by atoms with E-state index in [4.69, 9.17) is 19.6 Å². The fourth-order valence-electron chi connectivity index (χ4n) is 1.82. The maximum atomic E-state index is 12.2. The number of carbonyl (C=O) groups excluding carboxylic acids is 1. The number of ether oxygens (including phenoxy) is 2. The van der Waals surface area contributed by atoms with Crippen LogP contribution in [-0.2, 0) is 6.54 Å². The van der Waals surface area contributed by atoms with Crippen LogP contribution in [0.4, 0.5) is 5.69 Å². The van der Waals surface area contributed by atoms with Crippen LogP contribution in [-0.4, -0.2) is 19.6 Å². The van der Waals surface area contributed by atoms with Gasteiger partial charge in [-0.15, -0.1) is 12.4 Å². The summed E-state index contributed by atoms with van der Waals surface area (Å²) in [5.41, 5.74) is 6.40. The van der Waals surface area contributed by atoms with Gasteiger partial charge in [0.25, 0.3) is 5.91 Å². The van der Waals surface area contributed by atoms with E-state index in [1.165, 1.54) is 6.26 Å². The highest BCUT2D eigenvalue weighted by Gasteiger charge is 2.13. The van der Waals surface area contributed by atoms with Crippen molar-refractivity contribution in [3.63, 3.8) is 0 Å². The summed E-state index contributed by atoms with van der Waals surface area (Å²) < 4.78 is 15.8. The molecule has 120 valence electrons. The van der Waals surface area contributed by atoms with Gasteiger partial charge in [-0.25, -0.2) is 0 Å². The summed E-state index contributed by atoms with van der Waals surface area (Å²) in [5, 5.41) is 2.78. The lowest BCUT2D eigenvalue weighted by Gasteiger charge is -2.12. The van der Waals surface area contributed by atoms with E-state index < -0.39 is 0 Å². The summed E-state index contributed by atoms with van der Waals surface area (Å²) in [4.78, 5) is 12.2. The molecule has 0 aliphatic carbocycles. The Bertz CT molecular complexity index is 628. The molecule has 0 aliphatic heterocycles. The van der Waals surface area contributed by atoms with Crippen molar-refractivity contribution < 1.29 is 18.7 Å². The molecule has 0 atom stereocenters. The molecule has 2 rings (SSSR count). The molecule has 1 heterocycles. The van der Waals surface area contributed by atoms with Gasteiger partial charge in [0.15, 0.2) is 0 Å². The average molecular weight is 327 g/mol. The second-order valence-corrected chi connectivity index (χ2v) is 4.26. The number of rotatable bonds is 6. The van der Waals surface area contributed by atoms with Crippen LogP contribution in [0.5, 0.6) is 11.5 Å². The van der Waals surface area contributed by atoms with Crippen molar-refractivity contribution >= 4 is 24.0 Å². The molecule has 3 N–H and O–H groups in total. The SMILES string of the molecule is CCOc1ccc(OC)cc1NC(=O)c1coc(CN)c1.Cl. The lowest BCUT2D eigenvalue weighted by atomic mass is 10.2. The van der Waals surface area contributed by atoms with E-state index in [0.717, 1.165) is 0 Å². The predicted octanol–water partition coefficient (Wildman–Crippen LogP) is 2.82. The fraction of sp³-hybridized carbons (Fsp3) is 0.267. The van der Waals surface area contributed by atoms with Crippen molar-refractivity contribution in [1.82, 2.24) is 0 Å². The standard InChI is InChI=1S/C15H18N2O4.ClH/c1-3-20-14-5-4-11(19-2)7-13(14)17-15(18)10-6-12(8-16)21-9-10;/h4-7,9H,3,8,16H2,1-2H3,(H,17,18);1H. The zero-order valence-electron chi connectivity index (χ0n) is 12.4. The third-order valence-electron chi connectivity index (χ3n) is 2.85. The molecule has 7 heteroatoms. The minimum atomic E-state index is -0.298. The minimum absolute atomic E-state index is 0. The van der Waals surface area contributed by atoms with Gasteiger partial charge >= 0.3 is 0 Å². The first kappa shape index (κ1) is 17.9. The molecule has 0 fully saturated rings. The highest BCUT2D eigenvalue weighted by atomic mass is 35.5. The number of nitrogens with two attached hydrogens (primary N) is 1. The van der Waals surface area contributed by atoms with E-state index in [1.807, 2.05) is 6.92 Å². The number of furan rings is 1. The van der Waals surface area contributed by atoms with Gasteiger partial charge in [0, 0.05) is 6.07 Å². The van der Waals surface area contributed by atoms with Gasteiger partial charge in [0.1, 0.15) is 23.5 Å². The van der Waals surface area contributed by atoms with Crippen LogP contribution in [0.2, 0.25) is 0 Å². The molecular weight excluding hydrogens is 308 g/mol. The quantitative estimate of drug-likeness (QED) is 0.852. The Hall–Kier alpha value is -2.18. The zero-order valence-corrected chi connectivity index (χ0v) is 13.2. The van der Waals surface area contributed by atoms with E-state index in [0.29, 0.717) is 35.1 Å². The topological polar surface area (TPSA) is 86.7 Å². The molecule has 22 heavy (non-hydrogen) atoms. The number of benzene rings is 1. The van der Waals surface area contributed by atoms with Gasteiger partial charge in [0.05, 0.1) is 31.5 Å². The van der Waals surface area contributed by atoms with Crippen LogP contribution in [0.1, 0.15) is 23.0 Å². The van der Waals surface area contributed by atoms with Crippen molar-refractivity contribution in [2.24, 2.45) is 5.73 Å². The monoisotopic (exact) mass is 326 g/mol. The minimum Gasteiger partial charge on any atom is -0.497 e. The maximum Gasteiger partial charge on any atom is 0.259 e. The summed E-state index contributed by atoms with van der Waals surface area (Å²) >= 11 is 0. The zero-order chi connectivity index (χ0) is 15.2.